The van der Waals surface area contributed by atoms with Gasteiger partial charge in [-0.25, -0.2) is 0 Å². The van der Waals surface area contributed by atoms with Gasteiger partial charge in [0.1, 0.15) is 0 Å². The van der Waals surface area contributed by atoms with Gasteiger partial charge in [-0.2, -0.15) is 0 Å². The van der Waals surface area contributed by atoms with E-state index in [0.717, 1.165) is 8.58 Å². The van der Waals surface area contributed by atoms with Gasteiger partial charge < -0.3 is 0 Å². The first-order valence-corrected chi connectivity index (χ1v) is 7.59. The highest BCUT2D eigenvalue weighted by molar-refractivity contribution is 7.37. The van der Waals surface area contributed by atoms with Gasteiger partial charge in [-0.15, -0.1) is 8.58 Å². The summed E-state index contributed by atoms with van der Waals surface area (Å²) in [4.78, 5) is 0. The summed E-state index contributed by atoms with van der Waals surface area (Å²) in [5.41, 5.74) is 6.07. The van der Waals surface area contributed by atoms with Gasteiger partial charge in [0.05, 0.1) is 0 Å². The lowest BCUT2D eigenvalue weighted by atomic mass is 10.0. The topological polar surface area (TPSA) is 0 Å². The number of benzene rings is 2. The standard InChI is InChI=1S/C16H19P/c1-12-4-8-14(9-5-12)16(17-3)15-10-6-13(2)7-11-15/h4-11,16-17H,1-3H3. The third kappa shape index (κ3) is 2.96. The van der Waals surface area contributed by atoms with Crippen molar-refractivity contribution >= 4 is 8.58 Å². The lowest BCUT2D eigenvalue weighted by Gasteiger charge is -2.16. The highest BCUT2D eigenvalue weighted by atomic mass is 31.1. The molecule has 0 aliphatic carbocycles. The van der Waals surface area contributed by atoms with Crippen LogP contribution in [-0.4, -0.2) is 6.66 Å². The van der Waals surface area contributed by atoms with Gasteiger partial charge in [0, 0.05) is 5.66 Å². The molecule has 0 aromatic heterocycles. The van der Waals surface area contributed by atoms with E-state index < -0.39 is 0 Å². The Morgan fingerprint density at radius 3 is 1.35 bits per heavy atom. The van der Waals surface area contributed by atoms with Crippen LogP contribution < -0.4 is 0 Å². The van der Waals surface area contributed by atoms with E-state index in [4.69, 9.17) is 0 Å². The van der Waals surface area contributed by atoms with Crippen molar-refractivity contribution in [2.75, 3.05) is 6.66 Å². The summed E-state index contributed by atoms with van der Waals surface area (Å²) in [6, 6.07) is 17.9. The fraction of sp³-hybridized carbons (Fsp3) is 0.250. The molecule has 0 N–H and O–H groups in total. The predicted octanol–water partition coefficient (Wildman–Crippen LogP) is 4.70. The van der Waals surface area contributed by atoms with Gasteiger partial charge in [-0.3, -0.25) is 0 Å². The Kier molecular flexibility index (Phi) is 3.97. The van der Waals surface area contributed by atoms with E-state index in [-0.39, 0.29) is 0 Å². The molecule has 1 unspecified atom stereocenters. The molecule has 0 bridgehead atoms. The fourth-order valence-corrected chi connectivity index (χ4v) is 3.10. The number of hydrogen-bond acceptors (Lipinski definition) is 0. The molecule has 0 saturated heterocycles. The molecule has 17 heavy (non-hydrogen) atoms. The zero-order valence-corrected chi connectivity index (χ0v) is 11.7. The Morgan fingerprint density at radius 1 is 0.706 bits per heavy atom. The number of rotatable bonds is 3. The van der Waals surface area contributed by atoms with E-state index in [0.29, 0.717) is 5.66 Å². The second-order valence-electron chi connectivity index (χ2n) is 4.54. The van der Waals surface area contributed by atoms with Crippen LogP contribution in [0.2, 0.25) is 0 Å². The normalized spacial score (nSPS) is 11.5. The summed E-state index contributed by atoms with van der Waals surface area (Å²) in [6.45, 7) is 6.56. The molecule has 1 atom stereocenters. The molecular weight excluding hydrogens is 223 g/mol. The van der Waals surface area contributed by atoms with E-state index in [1.54, 1.807) is 0 Å². The highest BCUT2D eigenvalue weighted by Gasteiger charge is 2.11. The molecule has 0 spiro atoms. The molecule has 88 valence electrons. The summed E-state index contributed by atoms with van der Waals surface area (Å²) in [5, 5.41) is 0. The van der Waals surface area contributed by atoms with Crippen LogP contribution in [0.4, 0.5) is 0 Å². The Labute approximate surface area is 106 Å². The summed E-state index contributed by atoms with van der Waals surface area (Å²) in [5.74, 6) is 0. The summed E-state index contributed by atoms with van der Waals surface area (Å²) in [6.07, 6.45) is 0. The third-order valence-electron chi connectivity index (χ3n) is 3.11. The number of hydrogen-bond donors (Lipinski definition) is 0. The van der Waals surface area contributed by atoms with Crippen LogP contribution in [0, 0.1) is 13.8 Å². The molecule has 0 aliphatic heterocycles. The van der Waals surface area contributed by atoms with Gasteiger partial charge in [0.2, 0.25) is 0 Å². The molecule has 0 radical (unpaired) electrons. The van der Waals surface area contributed by atoms with Crippen molar-refractivity contribution in [2.45, 2.75) is 19.5 Å². The molecule has 0 nitrogen and oxygen atoms in total. The van der Waals surface area contributed by atoms with E-state index in [1.165, 1.54) is 22.3 Å². The van der Waals surface area contributed by atoms with Crippen molar-refractivity contribution in [2.24, 2.45) is 0 Å². The van der Waals surface area contributed by atoms with Gasteiger partial charge in [-0.05, 0) is 31.6 Å². The molecule has 2 aromatic rings. The molecule has 0 heterocycles. The Balaban J connectivity index is 2.33. The van der Waals surface area contributed by atoms with E-state index >= 15 is 0 Å². The van der Waals surface area contributed by atoms with Crippen LogP contribution >= 0.6 is 8.58 Å². The van der Waals surface area contributed by atoms with Crippen LogP contribution in [-0.2, 0) is 0 Å². The minimum atomic E-state index is 0.552. The molecule has 0 fully saturated rings. The third-order valence-corrected chi connectivity index (χ3v) is 4.35. The van der Waals surface area contributed by atoms with E-state index in [1.807, 2.05) is 0 Å². The van der Waals surface area contributed by atoms with Crippen LogP contribution in [0.25, 0.3) is 0 Å². The predicted molar refractivity (Wildman–Crippen MR) is 78.4 cm³/mol. The molecule has 0 amide bonds. The summed E-state index contributed by atoms with van der Waals surface area (Å²) < 4.78 is 0. The van der Waals surface area contributed by atoms with Crippen LogP contribution in [0.15, 0.2) is 48.5 Å². The maximum absolute atomic E-state index is 2.28. The highest BCUT2D eigenvalue weighted by Crippen LogP contribution is 2.38. The van der Waals surface area contributed by atoms with Crippen molar-refractivity contribution in [3.8, 4) is 0 Å². The molecule has 2 aromatic carbocycles. The van der Waals surface area contributed by atoms with Crippen molar-refractivity contribution < 1.29 is 0 Å². The molecule has 0 saturated carbocycles. The fourth-order valence-electron chi connectivity index (χ4n) is 2.04. The average Bonchev–Trinajstić information content (AvgIpc) is 2.35. The first kappa shape index (κ1) is 12.3. The molecule has 0 aliphatic rings. The Hall–Kier alpha value is -1.13. The largest absolute Gasteiger partial charge is 0.113 e. The van der Waals surface area contributed by atoms with Gasteiger partial charge in [0.25, 0.3) is 0 Å². The lowest BCUT2D eigenvalue weighted by molar-refractivity contribution is 1.14. The van der Waals surface area contributed by atoms with Crippen LogP contribution in [0.5, 0.6) is 0 Å². The van der Waals surface area contributed by atoms with Gasteiger partial charge >= 0.3 is 0 Å². The van der Waals surface area contributed by atoms with E-state index in [9.17, 15) is 0 Å². The Bertz CT molecular complexity index is 422. The van der Waals surface area contributed by atoms with E-state index in [2.05, 4.69) is 69.0 Å². The van der Waals surface area contributed by atoms with Crippen molar-refractivity contribution in [3.05, 3.63) is 70.8 Å². The number of aryl methyl sites for hydroxylation is 2. The van der Waals surface area contributed by atoms with Crippen molar-refractivity contribution in [3.63, 3.8) is 0 Å². The van der Waals surface area contributed by atoms with Crippen molar-refractivity contribution in [1.29, 1.82) is 0 Å². The quantitative estimate of drug-likeness (QED) is 0.684. The molecule has 1 heteroatoms. The second kappa shape index (κ2) is 5.47. The van der Waals surface area contributed by atoms with Gasteiger partial charge in [0.15, 0.2) is 0 Å². The SMILES string of the molecule is CPC(c1ccc(C)cc1)c1ccc(C)cc1. The smallest absolute Gasteiger partial charge is 0.0260 e. The maximum Gasteiger partial charge on any atom is 0.0260 e. The van der Waals surface area contributed by atoms with Crippen LogP contribution in [0.3, 0.4) is 0 Å². The van der Waals surface area contributed by atoms with Crippen LogP contribution in [0.1, 0.15) is 27.9 Å². The summed E-state index contributed by atoms with van der Waals surface area (Å²) in [7, 11) is 0.897. The summed E-state index contributed by atoms with van der Waals surface area (Å²) >= 11 is 0. The minimum Gasteiger partial charge on any atom is -0.113 e. The van der Waals surface area contributed by atoms with Gasteiger partial charge in [-0.1, -0.05) is 59.7 Å². The molecular formula is C16H19P. The Morgan fingerprint density at radius 2 is 1.06 bits per heavy atom. The maximum atomic E-state index is 2.28. The first-order chi connectivity index (χ1) is 8.20. The minimum absolute atomic E-state index is 0.552. The first-order valence-electron chi connectivity index (χ1n) is 6.01. The average molecular weight is 242 g/mol. The zero-order valence-electron chi connectivity index (χ0n) is 10.7. The second-order valence-corrected chi connectivity index (χ2v) is 5.70. The monoisotopic (exact) mass is 242 g/mol. The van der Waals surface area contributed by atoms with Crippen molar-refractivity contribution in [1.82, 2.24) is 0 Å². The molecule has 2 rings (SSSR count). The lowest BCUT2D eigenvalue weighted by Crippen LogP contribution is -1.94. The zero-order chi connectivity index (χ0) is 12.3.